The Kier molecular flexibility index (Phi) is 17.3. The lowest BCUT2D eigenvalue weighted by Gasteiger charge is -2.50. The van der Waals surface area contributed by atoms with Crippen LogP contribution >= 0.6 is 0 Å². The average Bonchev–Trinajstić information content (AvgIpc) is 3.14. The van der Waals surface area contributed by atoms with Crippen LogP contribution in [0.4, 0.5) is 0 Å². The SMILES string of the molecule is CC[C@H]1OC(=O)[C@H](C)[C@@H](O[C@H]2C[C@@](C)(OC)[C@@H](O)[C@H](C)O2)[C@H](C)[C@@H](O[C@@H]2O[C@H](C)[C@@H](OCCN=[N+]=[N-])[C@H](N(C)C)[C@H]2O)[C@](C)(O)C[C@@H](C)C(=O)[C@H](C)[C@@H](O)[C@]1(C)O. The molecule has 57 heavy (non-hydrogen) atoms. The van der Waals surface area contributed by atoms with Gasteiger partial charge in [-0.15, -0.1) is 0 Å². The quantitative estimate of drug-likeness (QED) is 0.0658. The van der Waals surface area contributed by atoms with E-state index >= 15 is 0 Å². The van der Waals surface area contributed by atoms with Gasteiger partial charge in [0.2, 0.25) is 0 Å². The van der Waals surface area contributed by atoms with Crippen molar-refractivity contribution in [2.75, 3.05) is 34.4 Å². The van der Waals surface area contributed by atoms with E-state index in [1.807, 2.05) is 0 Å². The molecule has 0 aromatic carbocycles. The highest BCUT2D eigenvalue weighted by Gasteiger charge is 2.54. The largest absolute Gasteiger partial charge is 0.459 e. The Hall–Kier alpha value is -2.03. The summed E-state index contributed by atoms with van der Waals surface area (Å²) in [6, 6.07) is -0.693. The summed E-state index contributed by atoms with van der Waals surface area (Å²) in [5, 5.41) is 61.9. The van der Waals surface area contributed by atoms with Crippen LogP contribution in [0.3, 0.4) is 0 Å². The highest BCUT2D eigenvalue weighted by Crippen LogP contribution is 2.41. The molecular weight excluding hydrogens is 748 g/mol. The molecule has 0 radical (unpaired) electrons. The molecule has 0 aromatic heterocycles. The Morgan fingerprint density at radius 2 is 1.54 bits per heavy atom. The van der Waals surface area contributed by atoms with E-state index in [0.29, 0.717) is 0 Å². The number of carbonyl (C=O) groups is 2. The summed E-state index contributed by atoms with van der Waals surface area (Å²) >= 11 is 0. The third-order valence-electron chi connectivity index (χ3n) is 12.5. The molecule has 0 aliphatic carbocycles. The van der Waals surface area contributed by atoms with Crippen LogP contribution in [-0.2, 0) is 42.7 Å². The van der Waals surface area contributed by atoms with Crippen molar-refractivity contribution in [1.82, 2.24) is 4.90 Å². The van der Waals surface area contributed by atoms with Gasteiger partial charge in [-0.3, -0.25) is 9.59 Å². The van der Waals surface area contributed by atoms with E-state index < -0.39 is 126 Å². The molecule has 330 valence electrons. The van der Waals surface area contributed by atoms with Crippen molar-refractivity contribution in [3.8, 4) is 0 Å². The molecule has 3 aliphatic rings. The van der Waals surface area contributed by atoms with Gasteiger partial charge in [-0.05, 0) is 74.0 Å². The van der Waals surface area contributed by atoms with Crippen LogP contribution in [0.5, 0.6) is 0 Å². The molecule has 0 aromatic rings. The van der Waals surface area contributed by atoms with Crippen molar-refractivity contribution in [3.63, 3.8) is 0 Å². The second kappa shape index (κ2) is 20.0. The molecule has 3 rings (SSSR count). The number of aliphatic hydroxyl groups is 5. The van der Waals surface area contributed by atoms with E-state index in [1.165, 1.54) is 27.9 Å². The number of ether oxygens (including phenoxy) is 7. The second-order valence-corrected chi connectivity index (χ2v) is 17.3. The zero-order valence-corrected chi connectivity index (χ0v) is 36.0. The summed E-state index contributed by atoms with van der Waals surface area (Å²) in [5.74, 6) is -5.31. The van der Waals surface area contributed by atoms with Gasteiger partial charge in [0.25, 0.3) is 0 Å². The van der Waals surface area contributed by atoms with Gasteiger partial charge in [-0.2, -0.15) is 0 Å². The van der Waals surface area contributed by atoms with E-state index in [1.54, 1.807) is 67.5 Å². The van der Waals surface area contributed by atoms with Crippen molar-refractivity contribution < 1.29 is 68.3 Å². The maximum absolute atomic E-state index is 14.2. The van der Waals surface area contributed by atoms with Crippen molar-refractivity contribution in [2.45, 2.75) is 179 Å². The monoisotopic (exact) mass is 818 g/mol. The molecule has 5 N–H and O–H groups in total. The van der Waals surface area contributed by atoms with Gasteiger partial charge in [0.05, 0.1) is 60.3 Å². The number of likely N-dealkylation sites (N-methyl/N-ethyl adjacent to an activating group) is 1. The van der Waals surface area contributed by atoms with Crippen LogP contribution in [0.15, 0.2) is 5.11 Å². The van der Waals surface area contributed by atoms with Gasteiger partial charge in [0.15, 0.2) is 12.6 Å². The van der Waals surface area contributed by atoms with Crippen LogP contribution in [0.2, 0.25) is 0 Å². The van der Waals surface area contributed by atoms with E-state index in [4.69, 9.17) is 38.7 Å². The van der Waals surface area contributed by atoms with Crippen LogP contribution < -0.4 is 0 Å². The van der Waals surface area contributed by atoms with E-state index in [-0.39, 0.29) is 32.4 Å². The molecule has 0 amide bonds. The number of hydrogen-bond donors (Lipinski definition) is 5. The molecule has 18 heteroatoms. The Bertz CT molecular complexity index is 1380. The summed E-state index contributed by atoms with van der Waals surface area (Å²) in [5.41, 5.74) is 3.70. The Morgan fingerprint density at radius 1 is 0.912 bits per heavy atom. The fourth-order valence-corrected chi connectivity index (χ4v) is 8.98. The lowest BCUT2D eigenvalue weighted by atomic mass is 9.74. The lowest BCUT2D eigenvalue weighted by Crippen LogP contribution is -2.65. The fraction of sp³-hybridized carbons (Fsp3) is 0.949. The van der Waals surface area contributed by atoms with Crippen LogP contribution in [0.1, 0.15) is 88.5 Å². The maximum atomic E-state index is 14.2. The van der Waals surface area contributed by atoms with E-state index in [0.717, 1.165) is 0 Å². The summed E-state index contributed by atoms with van der Waals surface area (Å²) < 4.78 is 43.4. The number of hydrogen-bond acceptors (Lipinski definition) is 16. The van der Waals surface area contributed by atoms with Crippen LogP contribution in [-0.4, -0.2) is 167 Å². The molecule has 3 aliphatic heterocycles. The normalized spacial score (nSPS) is 46.9. The molecule has 0 spiro atoms. The maximum Gasteiger partial charge on any atom is 0.311 e. The molecule has 3 fully saturated rings. The third kappa shape index (κ3) is 11.0. The number of cyclic esters (lactones) is 1. The number of azide groups is 1. The summed E-state index contributed by atoms with van der Waals surface area (Å²) in [6.45, 7) is 16.1. The van der Waals surface area contributed by atoms with Gasteiger partial charge in [-0.25, -0.2) is 0 Å². The number of aliphatic hydroxyl groups excluding tert-OH is 3. The van der Waals surface area contributed by atoms with Gasteiger partial charge >= 0.3 is 5.97 Å². The number of Topliss-reactive ketones (excluding diaryl/α,β-unsaturated/α-hetero) is 1. The zero-order chi connectivity index (χ0) is 43.4. The van der Waals surface area contributed by atoms with Crippen molar-refractivity contribution in [2.24, 2.45) is 28.8 Å². The Morgan fingerprint density at radius 3 is 2.11 bits per heavy atom. The third-order valence-corrected chi connectivity index (χ3v) is 12.5. The number of nitrogens with zero attached hydrogens (tertiary/aromatic N) is 4. The van der Waals surface area contributed by atoms with Crippen molar-refractivity contribution >= 4 is 11.8 Å². The molecule has 0 bridgehead atoms. The summed E-state index contributed by atoms with van der Waals surface area (Å²) in [4.78, 5) is 32.6. The number of esters is 1. The molecule has 19 atom stereocenters. The van der Waals surface area contributed by atoms with Crippen LogP contribution in [0, 0.1) is 23.7 Å². The number of carbonyl (C=O) groups excluding carboxylic acids is 2. The predicted octanol–water partition coefficient (Wildman–Crippen LogP) is 2.09. The Labute approximate surface area is 337 Å². The first-order valence-corrected chi connectivity index (χ1v) is 20.1. The minimum Gasteiger partial charge on any atom is -0.459 e. The minimum absolute atomic E-state index is 0.0529. The smallest absolute Gasteiger partial charge is 0.311 e. The predicted molar refractivity (Wildman–Crippen MR) is 205 cm³/mol. The molecular formula is C39H70N4O14. The minimum atomic E-state index is -2.03. The van der Waals surface area contributed by atoms with E-state index in [9.17, 15) is 35.1 Å². The molecule has 0 saturated carbocycles. The summed E-state index contributed by atoms with van der Waals surface area (Å²) in [6.07, 6.45) is -12.2. The molecule has 3 saturated heterocycles. The van der Waals surface area contributed by atoms with Crippen molar-refractivity contribution in [3.05, 3.63) is 10.4 Å². The highest BCUT2D eigenvalue weighted by atomic mass is 16.7. The standard InChI is InChI=1S/C39H70N4O14/c1-14-25-39(10,50)32(46)20(3)28(44)19(2)17-37(8,49)34(57-36-29(45)27(43(11)12)31(23(6)54-36)52-16-15-41-42-40)21(4)30(22(5)35(48)55-25)56-26-18-38(9,51-13)33(47)24(7)53-26/h19-27,29-34,36,45-47,49-50H,14-18H2,1-13H3/t19-,20+,21+,22-,23-,24+,25-,26+,27-,29-,30+,31-,32-,33+,34-,36+,37-,38-,39-/m1/s1. The topological polar surface area (TPSA) is 252 Å². The van der Waals surface area contributed by atoms with Gasteiger partial charge in [0, 0.05) is 42.7 Å². The van der Waals surface area contributed by atoms with Crippen molar-refractivity contribution in [1.29, 1.82) is 0 Å². The molecule has 18 nitrogen and oxygen atoms in total. The lowest BCUT2D eigenvalue weighted by molar-refractivity contribution is -0.329. The number of methoxy groups -OCH3 is 1. The van der Waals surface area contributed by atoms with Gasteiger partial charge in [-0.1, -0.05) is 32.8 Å². The first-order valence-electron chi connectivity index (χ1n) is 20.1. The van der Waals surface area contributed by atoms with Gasteiger partial charge in [0.1, 0.15) is 35.8 Å². The highest BCUT2D eigenvalue weighted by molar-refractivity contribution is 5.83. The fourth-order valence-electron chi connectivity index (χ4n) is 8.98. The molecule has 0 unspecified atom stereocenters. The Balaban J connectivity index is 2.18. The zero-order valence-electron chi connectivity index (χ0n) is 36.0. The number of ketones is 1. The van der Waals surface area contributed by atoms with E-state index in [2.05, 4.69) is 10.0 Å². The second-order valence-electron chi connectivity index (χ2n) is 17.3. The first-order chi connectivity index (χ1) is 26.4. The summed E-state index contributed by atoms with van der Waals surface area (Å²) in [7, 11) is 4.97. The van der Waals surface area contributed by atoms with Crippen LogP contribution in [0.25, 0.3) is 10.4 Å². The first kappa shape index (κ1) is 49.3. The average molecular weight is 819 g/mol. The molecule has 3 heterocycles. The number of rotatable bonds is 11. The van der Waals surface area contributed by atoms with Gasteiger partial charge < -0.3 is 63.6 Å².